The van der Waals surface area contributed by atoms with Gasteiger partial charge >= 0.3 is 0 Å². The molecular formula is C7H17NOS. The van der Waals surface area contributed by atoms with E-state index >= 15 is 0 Å². The monoisotopic (exact) mass is 163 g/mol. The lowest BCUT2D eigenvalue weighted by atomic mass is 10.4. The number of hydrogen-bond acceptors (Lipinski definition) is 3. The quantitative estimate of drug-likeness (QED) is 0.659. The van der Waals surface area contributed by atoms with Gasteiger partial charge in [-0.05, 0) is 6.92 Å². The highest BCUT2D eigenvalue weighted by Gasteiger charge is 2.02. The van der Waals surface area contributed by atoms with Crippen molar-refractivity contribution in [3.05, 3.63) is 0 Å². The fraction of sp³-hybridized carbons (Fsp3) is 1.00. The van der Waals surface area contributed by atoms with Crippen LogP contribution in [-0.4, -0.2) is 30.8 Å². The van der Waals surface area contributed by atoms with Crippen LogP contribution in [0, 0.1) is 0 Å². The number of thioether (sulfide) groups is 1. The minimum absolute atomic E-state index is 0.296. The summed E-state index contributed by atoms with van der Waals surface area (Å²) < 4.78 is 4.97. The molecule has 0 aromatic heterocycles. The average Bonchev–Trinajstić information content (AvgIpc) is 1.85. The molecule has 10 heavy (non-hydrogen) atoms. The highest BCUT2D eigenvalue weighted by molar-refractivity contribution is 7.99. The van der Waals surface area contributed by atoms with E-state index in [-0.39, 0.29) is 0 Å². The SMILES string of the molecule is COCC(C)SCC(C)N. The van der Waals surface area contributed by atoms with E-state index in [0.717, 1.165) is 12.4 Å². The fourth-order valence-corrected chi connectivity index (χ4v) is 1.46. The Hall–Kier alpha value is 0.270. The summed E-state index contributed by atoms with van der Waals surface area (Å²) in [5.41, 5.74) is 5.58. The number of nitrogens with two attached hydrogens (primary N) is 1. The van der Waals surface area contributed by atoms with Crippen LogP contribution in [0.4, 0.5) is 0 Å². The van der Waals surface area contributed by atoms with E-state index in [1.165, 1.54) is 0 Å². The first-order chi connectivity index (χ1) is 4.66. The normalized spacial score (nSPS) is 16.8. The predicted octanol–water partition coefficient (Wildman–Crippen LogP) is 1.10. The molecule has 0 aromatic carbocycles. The Morgan fingerprint density at radius 1 is 1.50 bits per heavy atom. The van der Waals surface area contributed by atoms with Crippen LogP contribution in [0.3, 0.4) is 0 Å². The van der Waals surface area contributed by atoms with E-state index < -0.39 is 0 Å². The Balaban J connectivity index is 3.12. The Bertz CT molecular complexity index is 78.0. The standard InChI is InChI=1S/C7H17NOS/c1-6(8)5-10-7(2)4-9-3/h6-7H,4-5,8H2,1-3H3. The van der Waals surface area contributed by atoms with Crippen LogP contribution in [0.15, 0.2) is 0 Å². The van der Waals surface area contributed by atoms with E-state index in [0.29, 0.717) is 11.3 Å². The first-order valence-corrected chi connectivity index (χ1v) is 4.57. The van der Waals surface area contributed by atoms with Crippen molar-refractivity contribution in [3.63, 3.8) is 0 Å². The van der Waals surface area contributed by atoms with Gasteiger partial charge < -0.3 is 10.5 Å². The molecule has 0 aromatic rings. The van der Waals surface area contributed by atoms with E-state index in [1.54, 1.807) is 7.11 Å². The number of rotatable bonds is 5. The van der Waals surface area contributed by atoms with Gasteiger partial charge in [-0.25, -0.2) is 0 Å². The molecule has 0 bridgehead atoms. The summed E-state index contributed by atoms with van der Waals surface area (Å²) in [6.45, 7) is 4.99. The van der Waals surface area contributed by atoms with Crippen LogP contribution in [0.1, 0.15) is 13.8 Å². The zero-order chi connectivity index (χ0) is 7.98. The topological polar surface area (TPSA) is 35.2 Å². The third kappa shape index (κ3) is 6.39. The summed E-state index contributed by atoms with van der Waals surface area (Å²) in [5, 5.41) is 0.566. The molecule has 0 saturated carbocycles. The van der Waals surface area contributed by atoms with E-state index in [9.17, 15) is 0 Å². The van der Waals surface area contributed by atoms with E-state index in [1.807, 2.05) is 18.7 Å². The molecule has 0 rings (SSSR count). The summed E-state index contributed by atoms with van der Waals surface area (Å²) in [4.78, 5) is 0. The Labute approximate surface area is 67.5 Å². The molecule has 0 spiro atoms. The van der Waals surface area contributed by atoms with Crippen molar-refractivity contribution in [1.29, 1.82) is 0 Å². The van der Waals surface area contributed by atoms with Gasteiger partial charge in [-0.3, -0.25) is 0 Å². The van der Waals surface area contributed by atoms with Gasteiger partial charge in [-0.15, -0.1) is 0 Å². The van der Waals surface area contributed by atoms with Gasteiger partial charge in [-0.2, -0.15) is 11.8 Å². The highest BCUT2D eigenvalue weighted by Crippen LogP contribution is 2.10. The third-order valence-electron chi connectivity index (χ3n) is 1.05. The lowest BCUT2D eigenvalue weighted by molar-refractivity contribution is 0.203. The van der Waals surface area contributed by atoms with E-state index in [2.05, 4.69) is 6.92 Å². The summed E-state index contributed by atoms with van der Waals surface area (Å²) in [6, 6.07) is 0.296. The summed E-state index contributed by atoms with van der Waals surface area (Å²) in [5.74, 6) is 1.02. The second kappa shape index (κ2) is 6.01. The molecule has 0 amide bonds. The van der Waals surface area contributed by atoms with Gasteiger partial charge in [0, 0.05) is 24.2 Å². The Morgan fingerprint density at radius 3 is 2.50 bits per heavy atom. The summed E-state index contributed by atoms with van der Waals surface area (Å²) >= 11 is 1.86. The molecule has 2 unspecified atom stereocenters. The molecule has 3 heteroatoms. The smallest absolute Gasteiger partial charge is 0.0578 e. The van der Waals surface area contributed by atoms with Gasteiger partial charge in [0.1, 0.15) is 0 Å². The maximum Gasteiger partial charge on any atom is 0.0578 e. The Morgan fingerprint density at radius 2 is 2.10 bits per heavy atom. The zero-order valence-corrected chi connectivity index (χ0v) is 7.78. The van der Waals surface area contributed by atoms with Gasteiger partial charge in [-0.1, -0.05) is 6.92 Å². The van der Waals surface area contributed by atoms with Crippen LogP contribution in [0.25, 0.3) is 0 Å². The molecule has 0 aliphatic rings. The van der Waals surface area contributed by atoms with Crippen LogP contribution >= 0.6 is 11.8 Å². The molecule has 0 fully saturated rings. The van der Waals surface area contributed by atoms with Crippen molar-refractivity contribution in [2.45, 2.75) is 25.1 Å². The lowest BCUT2D eigenvalue weighted by Crippen LogP contribution is -2.20. The van der Waals surface area contributed by atoms with Crippen molar-refractivity contribution in [3.8, 4) is 0 Å². The molecule has 0 saturated heterocycles. The molecule has 0 radical (unpaired) electrons. The van der Waals surface area contributed by atoms with Gasteiger partial charge in [0.25, 0.3) is 0 Å². The maximum absolute atomic E-state index is 5.58. The van der Waals surface area contributed by atoms with Crippen molar-refractivity contribution in [2.24, 2.45) is 5.73 Å². The molecular weight excluding hydrogens is 146 g/mol. The van der Waals surface area contributed by atoms with Crippen molar-refractivity contribution < 1.29 is 4.74 Å². The van der Waals surface area contributed by atoms with Crippen LogP contribution in [0.2, 0.25) is 0 Å². The second-order valence-corrected chi connectivity index (χ2v) is 4.05. The van der Waals surface area contributed by atoms with E-state index in [4.69, 9.17) is 10.5 Å². The van der Waals surface area contributed by atoms with Crippen LogP contribution in [-0.2, 0) is 4.74 Å². The number of ether oxygens (including phenoxy) is 1. The molecule has 2 nitrogen and oxygen atoms in total. The Kier molecular flexibility index (Phi) is 6.17. The first kappa shape index (κ1) is 10.3. The molecule has 0 aliphatic carbocycles. The summed E-state index contributed by atoms with van der Waals surface area (Å²) in [7, 11) is 1.73. The van der Waals surface area contributed by atoms with Gasteiger partial charge in [0.2, 0.25) is 0 Å². The van der Waals surface area contributed by atoms with Crippen molar-refractivity contribution in [1.82, 2.24) is 0 Å². The molecule has 0 aliphatic heterocycles. The molecule has 62 valence electrons. The number of methoxy groups -OCH3 is 1. The molecule has 0 heterocycles. The number of hydrogen-bond donors (Lipinski definition) is 1. The fourth-order valence-electron chi connectivity index (χ4n) is 0.599. The zero-order valence-electron chi connectivity index (χ0n) is 6.96. The largest absolute Gasteiger partial charge is 0.384 e. The van der Waals surface area contributed by atoms with Gasteiger partial charge in [0.05, 0.1) is 6.61 Å². The minimum atomic E-state index is 0.296. The van der Waals surface area contributed by atoms with Crippen molar-refractivity contribution in [2.75, 3.05) is 19.5 Å². The highest BCUT2D eigenvalue weighted by atomic mass is 32.2. The summed E-state index contributed by atoms with van der Waals surface area (Å²) in [6.07, 6.45) is 0. The second-order valence-electron chi connectivity index (χ2n) is 2.58. The third-order valence-corrected chi connectivity index (χ3v) is 2.47. The minimum Gasteiger partial charge on any atom is -0.384 e. The molecule has 2 atom stereocenters. The van der Waals surface area contributed by atoms with Crippen molar-refractivity contribution >= 4 is 11.8 Å². The average molecular weight is 163 g/mol. The lowest BCUT2D eigenvalue weighted by Gasteiger charge is -2.10. The van der Waals surface area contributed by atoms with Gasteiger partial charge in [0.15, 0.2) is 0 Å². The van der Waals surface area contributed by atoms with Crippen LogP contribution < -0.4 is 5.73 Å². The van der Waals surface area contributed by atoms with Crippen LogP contribution in [0.5, 0.6) is 0 Å². The maximum atomic E-state index is 5.58. The molecule has 2 N–H and O–H groups in total. The first-order valence-electron chi connectivity index (χ1n) is 3.53. The predicted molar refractivity (Wildman–Crippen MR) is 47.4 cm³/mol.